The molecular weight excluding hydrogens is 444 g/mol. The van der Waals surface area contributed by atoms with Crippen molar-refractivity contribution in [3.63, 3.8) is 0 Å². The summed E-state index contributed by atoms with van der Waals surface area (Å²) in [5.74, 6) is 1.15. The normalized spacial score (nSPS) is 12.7. The van der Waals surface area contributed by atoms with Gasteiger partial charge >= 0.3 is 0 Å². The number of hydrogen-bond donors (Lipinski definition) is 2. The van der Waals surface area contributed by atoms with Crippen molar-refractivity contribution in [3.05, 3.63) is 95.8 Å². The zero-order valence-corrected chi connectivity index (χ0v) is 19.2. The molecule has 4 bridgehead atoms. The number of aromatic nitrogens is 2. The van der Waals surface area contributed by atoms with E-state index in [0.29, 0.717) is 29.4 Å². The van der Waals surface area contributed by atoms with E-state index in [1.54, 1.807) is 31.5 Å². The highest BCUT2D eigenvalue weighted by Gasteiger charge is 2.17. The first-order valence-electron chi connectivity index (χ1n) is 11.2. The minimum atomic E-state index is -0.282. The average molecular weight is 469 g/mol. The van der Waals surface area contributed by atoms with Gasteiger partial charge in [-0.3, -0.25) is 14.2 Å². The third kappa shape index (κ3) is 4.86. The van der Waals surface area contributed by atoms with Gasteiger partial charge in [0.05, 0.1) is 7.11 Å². The van der Waals surface area contributed by atoms with Crippen LogP contribution in [-0.4, -0.2) is 35.1 Å². The van der Waals surface area contributed by atoms with Gasteiger partial charge in [0.15, 0.2) is 18.1 Å². The first kappa shape index (κ1) is 22.2. The second kappa shape index (κ2) is 9.72. The van der Waals surface area contributed by atoms with Crippen molar-refractivity contribution in [2.45, 2.75) is 13.1 Å². The molecule has 2 heterocycles. The molecule has 0 saturated carbocycles. The number of imidazole rings is 1. The summed E-state index contributed by atoms with van der Waals surface area (Å²) in [6.07, 6.45) is 3.54. The van der Waals surface area contributed by atoms with Crippen LogP contribution in [0.3, 0.4) is 0 Å². The topological polar surface area (TPSA) is 94.5 Å². The van der Waals surface area contributed by atoms with Gasteiger partial charge in [0.2, 0.25) is 0 Å². The molecule has 0 fully saturated rings. The fourth-order valence-electron chi connectivity index (χ4n) is 3.98. The molecule has 5 rings (SSSR count). The quantitative estimate of drug-likeness (QED) is 0.478. The molecule has 2 N–H and O–H groups in total. The van der Waals surface area contributed by atoms with E-state index >= 15 is 0 Å². The lowest BCUT2D eigenvalue weighted by Crippen LogP contribution is -2.29. The van der Waals surface area contributed by atoms with Crippen molar-refractivity contribution in [3.8, 4) is 28.6 Å². The number of ether oxygens (including phenoxy) is 2. The van der Waals surface area contributed by atoms with Crippen LogP contribution in [0.5, 0.6) is 11.5 Å². The Kier molecular flexibility index (Phi) is 6.17. The third-order valence-corrected chi connectivity index (χ3v) is 5.72. The maximum absolute atomic E-state index is 13.1. The van der Waals surface area contributed by atoms with Crippen LogP contribution in [0.2, 0.25) is 0 Å². The van der Waals surface area contributed by atoms with Gasteiger partial charge in [-0.05, 0) is 47.5 Å². The van der Waals surface area contributed by atoms with E-state index in [1.807, 2.05) is 59.3 Å². The van der Waals surface area contributed by atoms with Crippen molar-refractivity contribution < 1.29 is 19.1 Å². The van der Waals surface area contributed by atoms with Gasteiger partial charge < -0.3 is 20.1 Å². The Labute approximate surface area is 202 Å². The van der Waals surface area contributed by atoms with Gasteiger partial charge in [-0.2, -0.15) is 0 Å². The highest BCUT2D eigenvalue weighted by molar-refractivity contribution is 5.95. The molecule has 0 spiro atoms. The summed E-state index contributed by atoms with van der Waals surface area (Å²) < 4.78 is 13.0. The molecule has 0 atom stereocenters. The van der Waals surface area contributed by atoms with Crippen molar-refractivity contribution in [1.29, 1.82) is 0 Å². The molecule has 0 radical (unpaired) electrons. The number of benzene rings is 3. The molecule has 3 aromatic carbocycles. The minimum Gasteiger partial charge on any atom is -0.493 e. The molecule has 1 aliphatic rings. The van der Waals surface area contributed by atoms with Crippen LogP contribution in [0.1, 0.15) is 21.5 Å². The highest BCUT2D eigenvalue weighted by Crippen LogP contribution is 2.33. The molecule has 0 aliphatic carbocycles. The van der Waals surface area contributed by atoms with E-state index in [1.165, 1.54) is 0 Å². The molecule has 2 amide bonds. The predicted molar refractivity (Wildman–Crippen MR) is 131 cm³/mol. The first-order chi connectivity index (χ1) is 17.1. The van der Waals surface area contributed by atoms with Crippen LogP contribution in [0, 0.1) is 0 Å². The van der Waals surface area contributed by atoms with Crippen LogP contribution < -0.4 is 20.1 Å². The van der Waals surface area contributed by atoms with Gasteiger partial charge in [-0.25, -0.2) is 4.98 Å². The second-order valence-electron chi connectivity index (χ2n) is 8.11. The smallest absolute Gasteiger partial charge is 0.258 e. The van der Waals surface area contributed by atoms with Crippen molar-refractivity contribution >= 4 is 11.8 Å². The van der Waals surface area contributed by atoms with Gasteiger partial charge in [0, 0.05) is 42.3 Å². The summed E-state index contributed by atoms with van der Waals surface area (Å²) in [4.78, 5) is 30.0. The maximum Gasteiger partial charge on any atom is 0.258 e. The summed E-state index contributed by atoms with van der Waals surface area (Å²) >= 11 is 0. The number of nitrogens with zero attached hydrogens (tertiary/aromatic N) is 2. The Morgan fingerprint density at radius 3 is 2.83 bits per heavy atom. The maximum atomic E-state index is 13.1. The Hall–Kier alpha value is -4.59. The molecular formula is C27H24N4O4. The molecule has 4 aromatic rings. The molecule has 176 valence electrons. The second-order valence-corrected chi connectivity index (χ2v) is 8.11. The molecule has 1 aromatic heterocycles. The van der Waals surface area contributed by atoms with E-state index < -0.39 is 0 Å². The monoisotopic (exact) mass is 468 g/mol. The Morgan fingerprint density at radius 2 is 2.00 bits per heavy atom. The lowest BCUT2D eigenvalue weighted by atomic mass is 10.1. The molecule has 0 saturated heterocycles. The van der Waals surface area contributed by atoms with E-state index in [2.05, 4.69) is 15.6 Å². The van der Waals surface area contributed by atoms with Gasteiger partial charge in [-0.1, -0.05) is 30.3 Å². The summed E-state index contributed by atoms with van der Waals surface area (Å²) in [5, 5.41) is 5.83. The van der Waals surface area contributed by atoms with Gasteiger partial charge in [0.25, 0.3) is 11.8 Å². The summed E-state index contributed by atoms with van der Waals surface area (Å²) in [5.41, 5.74) is 3.82. The summed E-state index contributed by atoms with van der Waals surface area (Å²) in [6.45, 7) is 0.490. The first-order valence-corrected chi connectivity index (χ1v) is 11.2. The summed E-state index contributed by atoms with van der Waals surface area (Å²) in [7, 11) is 1.55. The van der Waals surface area contributed by atoms with E-state index in [-0.39, 0.29) is 25.0 Å². The number of amides is 2. The largest absolute Gasteiger partial charge is 0.493 e. The molecule has 35 heavy (non-hydrogen) atoms. The molecule has 8 nitrogen and oxygen atoms in total. The van der Waals surface area contributed by atoms with Crippen molar-refractivity contribution in [2.75, 3.05) is 13.7 Å². The van der Waals surface area contributed by atoms with E-state index in [0.717, 1.165) is 22.4 Å². The number of hydrogen-bond acceptors (Lipinski definition) is 5. The number of carbonyl (C=O) groups excluding carboxylic acids is 2. The van der Waals surface area contributed by atoms with Crippen LogP contribution >= 0.6 is 0 Å². The van der Waals surface area contributed by atoms with Gasteiger partial charge in [-0.15, -0.1) is 0 Å². The summed E-state index contributed by atoms with van der Waals surface area (Å²) in [6, 6.07) is 20.7. The number of methoxy groups -OCH3 is 1. The van der Waals surface area contributed by atoms with Crippen LogP contribution in [-0.2, 0) is 17.9 Å². The third-order valence-electron chi connectivity index (χ3n) is 5.72. The predicted octanol–water partition coefficient (Wildman–Crippen LogP) is 3.49. The van der Waals surface area contributed by atoms with Gasteiger partial charge in [0.1, 0.15) is 5.82 Å². The Bertz CT molecular complexity index is 1380. The number of fused-ring (bicyclic) bond motifs is 7. The average Bonchev–Trinajstić information content (AvgIpc) is 3.39. The Balaban J connectivity index is 1.54. The van der Waals surface area contributed by atoms with Crippen LogP contribution in [0.15, 0.2) is 79.1 Å². The van der Waals surface area contributed by atoms with Crippen molar-refractivity contribution in [2.24, 2.45) is 0 Å². The molecule has 8 heteroatoms. The number of carbonyl (C=O) groups is 2. The number of rotatable bonds is 4. The minimum absolute atomic E-state index is 0.168. The van der Waals surface area contributed by atoms with Crippen LogP contribution in [0.25, 0.3) is 17.1 Å². The SMILES string of the molecule is COc1ccc2cc1OCC(=O)NCc1cc(C(=O)NCc3ccccc3)cc(c1)-n1ccnc1-2. The molecule has 0 unspecified atom stereocenters. The van der Waals surface area contributed by atoms with Crippen LogP contribution in [0.4, 0.5) is 0 Å². The lowest BCUT2D eigenvalue weighted by Gasteiger charge is -2.14. The van der Waals surface area contributed by atoms with Crippen molar-refractivity contribution in [1.82, 2.24) is 20.2 Å². The fourth-order valence-corrected chi connectivity index (χ4v) is 3.98. The Morgan fingerprint density at radius 1 is 1.14 bits per heavy atom. The molecule has 1 aliphatic heterocycles. The highest BCUT2D eigenvalue weighted by atomic mass is 16.5. The van der Waals surface area contributed by atoms with E-state index in [9.17, 15) is 9.59 Å². The zero-order chi connectivity index (χ0) is 24.2. The van der Waals surface area contributed by atoms with E-state index in [4.69, 9.17) is 9.47 Å². The lowest BCUT2D eigenvalue weighted by molar-refractivity contribution is -0.123. The zero-order valence-electron chi connectivity index (χ0n) is 19.2. The number of nitrogens with one attached hydrogen (secondary N) is 2. The fraction of sp³-hybridized carbons (Fsp3) is 0.148. The standard InChI is InChI=1S/C27H24N4O4/c1-34-23-8-7-20-14-24(23)35-17-25(32)29-16-19-11-21(13-22(12-19)31-10-9-28-26(20)31)27(33)30-15-18-5-3-2-4-6-18/h2-14H,15-17H2,1H3,(H,29,32)(H,30,33).